The van der Waals surface area contributed by atoms with Crippen LogP contribution < -0.4 is 5.11 Å². The third-order valence-corrected chi connectivity index (χ3v) is 4.03. The van der Waals surface area contributed by atoms with Gasteiger partial charge in [-0.05, 0) is 18.2 Å². The number of carbonyl (C=O) groups is 1. The summed E-state index contributed by atoms with van der Waals surface area (Å²) in [6, 6.07) is 7.90. The lowest BCUT2D eigenvalue weighted by Crippen LogP contribution is -2.21. The lowest BCUT2D eigenvalue weighted by molar-refractivity contribution is -0.257. The Morgan fingerprint density at radius 3 is 2.45 bits per heavy atom. The van der Waals surface area contributed by atoms with Crippen LogP contribution in [0.25, 0.3) is 0 Å². The molecule has 0 bridgehead atoms. The molecule has 0 spiro atoms. The molecule has 0 unspecified atom stereocenters. The summed E-state index contributed by atoms with van der Waals surface area (Å²) >= 11 is 0. The molecule has 1 aromatic heterocycles. The van der Waals surface area contributed by atoms with Crippen molar-refractivity contribution >= 4 is 15.8 Å². The number of benzene rings is 1. The molecule has 0 fully saturated rings. The lowest BCUT2D eigenvalue weighted by atomic mass is 10.2. The fourth-order valence-electron chi connectivity index (χ4n) is 1.69. The molecule has 0 saturated carbocycles. The molecule has 2 rings (SSSR count). The molecule has 7 heteroatoms. The van der Waals surface area contributed by atoms with Crippen LogP contribution in [-0.4, -0.2) is 14.4 Å². The van der Waals surface area contributed by atoms with Gasteiger partial charge in [0.15, 0.2) is 9.84 Å². The van der Waals surface area contributed by atoms with Gasteiger partial charge < -0.3 is 14.3 Å². The molecule has 0 aliphatic rings. The van der Waals surface area contributed by atoms with Crippen molar-refractivity contribution in [2.45, 2.75) is 11.5 Å². The summed E-state index contributed by atoms with van der Waals surface area (Å²) in [6.07, 6.45) is 0. The number of hydrogen-bond acceptors (Lipinski definition) is 5. The van der Waals surface area contributed by atoms with Crippen molar-refractivity contribution in [2.24, 2.45) is 0 Å². The lowest BCUT2D eigenvalue weighted by Gasteiger charge is -2.04. The van der Waals surface area contributed by atoms with Crippen molar-refractivity contribution in [3.8, 4) is 0 Å². The van der Waals surface area contributed by atoms with E-state index < -0.39 is 38.9 Å². The molecule has 5 nitrogen and oxygen atoms in total. The first-order chi connectivity index (χ1) is 9.37. The number of rotatable bonds is 5. The van der Waals surface area contributed by atoms with Crippen LogP contribution in [-0.2, 0) is 21.3 Å². The van der Waals surface area contributed by atoms with E-state index in [-0.39, 0.29) is 11.3 Å². The Morgan fingerprint density at radius 1 is 1.15 bits per heavy atom. The minimum atomic E-state index is -3.67. The summed E-state index contributed by atoms with van der Waals surface area (Å²) in [5, 5.41) is 10.5. The van der Waals surface area contributed by atoms with Crippen LogP contribution in [0.1, 0.15) is 21.9 Å². The number of carboxylic acid groups (broad SMARTS) is 1. The second kappa shape index (κ2) is 5.46. The average Bonchev–Trinajstić information content (AvgIpc) is 2.79. The van der Waals surface area contributed by atoms with E-state index in [0.29, 0.717) is 0 Å². The van der Waals surface area contributed by atoms with E-state index >= 15 is 0 Å². The Bertz CT molecular complexity index is 733. The monoisotopic (exact) mass is 297 g/mol. The zero-order valence-corrected chi connectivity index (χ0v) is 11.0. The van der Waals surface area contributed by atoms with Crippen LogP contribution in [0.4, 0.5) is 4.39 Å². The standard InChI is InChI=1S/C13H11FO5S/c14-11-4-2-1-3-9(11)7-20(17,18)8-10-5-6-12(19-10)13(15)16/h1-6H,7-8H2,(H,15,16)/p-1. The normalized spacial score (nSPS) is 11.4. The van der Waals surface area contributed by atoms with E-state index in [9.17, 15) is 22.7 Å². The molecule has 0 saturated heterocycles. The van der Waals surface area contributed by atoms with Crippen LogP contribution in [0.3, 0.4) is 0 Å². The van der Waals surface area contributed by atoms with Crippen LogP contribution in [0.15, 0.2) is 40.8 Å². The molecule has 0 N–H and O–H groups in total. The summed E-state index contributed by atoms with van der Waals surface area (Å²) < 4.78 is 42.0. The first kappa shape index (κ1) is 14.3. The van der Waals surface area contributed by atoms with Crippen LogP contribution >= 0.6 is 0 Å². The van der Waals surface area contributed by atoms with Crippen molar-refractivity contribution in [1.29, 1.82) is 0 Å². The molecule has 0 aliphatic heterocycles. The molecule has 2 aromatic rings. The Kier molecular flexibility index (Phi) is 3.89. The van der Waals surface area contributed by atoms with Gasteiger partial charge >= 0.3 is 0 Å². The number of aromatic carboxylic acids is 1. The minimum Gasteiger partial charge on any atom is -0.542 e. The second-order valence-electron chi connectivity index (χ2n) is 4.18. The molecule has 106 valence electrons. The Hall–Kier alpha value is -2.15. The van der Waals surface area contributed by atoms with E-state index in [1.54, 1.807) is 0 Å². The number of hydrogen-bond donors (Lipinski definition) is 0. The summed E-state index contributed by atoms with van der Waals surface area (Å²) in [5.74, 6) is -3.59. The van der Waals surface area contributed by atoms with Gasteiger partial charge in [0.2, 0.25) is 0 Å². The summed E-state index contributed by atoms with van der Waals surface area (Å²) in [5.41, 5.74) is 0.0548. The molecule has 1 aromatic carbocycles. The van der Waals surface area contributed by atoms with E-state index in [1.807, 2.05) is 0 Å². The average molecular weight is 297 g/mol. The first-order valence-electron chi connectivity index (χ1n) is 5.61. The Labute approximate surface area is 114 Å². The molecule has 0 aliphatic carbocycles. The number of carbonyl (C=O) groups excluding carboxylic acids is 1. The van der Waals surface area contributed by atoms with Crippen molar-refractivity contribution in [3.63, 3.8) is 0 Å². The molecular formula is C13H10FO5S-. The van der Waals surface area contributed by atoms with E-state index in [1.165, 1.54) is 30.3 Å². The molecule has 0 amide bonds. The van der Waals surface area contributed by atoms with Gasteiger partial charge in [-0.15, -0.1) is 0 Å². The van der Waals surface area contributed by atoms with E-state index in [0.717, 1.165) is 6.07 Å². The van der Waals surface area contributed by atoms with E-state index in [4.69, 9.17) is 4.42 Å². The molecule has 0 radical (unpaired) electrons. The zero-order chi connectivity index (χ0) is 14.8. The highest BCUT2D eigenvalue weighted by molar-refractivity contribution is 7.89. The van der Waals surface area contributed by atoms with Crippen molar-refractivity contribution in [3.05, 3.63) is 59.3 Å². The number of furan rings is 1. The molecule has 0 atom stereocenters. The Morgan fingerprint density at radius 2 is 1.85 bits per heavy atom. The first-order valence-corrected chi connectivity index (χ1v) is 7.43. The highest BCUT2D eigenvalue weighted by atomic mass is 32.2. The SMILES string of the molecule is O=C([O-])c1ccc(CS(=O)(=O)Cc2ccccc2F)o1. The largest absolute Gasteiger partial charge is 0.542 e. The summed E-state index contributed by atoms with van der Waals surface area (Å²) in [7, 11) is -3.67. The Balaban J connectivity index is 2.15. The van der Waals surface area contributed by atoms with Gasteiger partial charge in [-0.1, -0.05) is 18.2 Å². The van der Waals surface area contributed by atoms with Crippen LogP contribution in [0.5, 0.6) is 0 Å². The zero-order valence-electron chi connectivity index (χ0n) is 10.2. The highest BCUT2D eigenvalue weighted by Crippen LogP contribution is 2.16. The predicted molar refractivity (Wildman–Crippen MR) is 65.8 cm³/mol. The summed E-state index contributed by atoms with van der Waals surface area (Å²) in [4.78, 5) is 10.5. The van der Waals surface area contributed by atoms with Gasteiger partial charge in [-0.3, -0.25) is 0 Å². The van der Waals surface area contributed by atoms with Gasteiger partial charge in [0.25, 0.3) is 0 Å². The highest BCUT2D eigenvalue weighted by Gasteiger charge is 2.17. The number of carboxylic acids is 1. The minimum absolute atomic E-state index is 0.0273. The van der Waals surface area contributed by atoms with Gasteiger partial charge in [-0.2, -0.15) is 0 Å². The number of sulfone groups is 1. The molecule has 20 heavy (non-hydrogen) atoms. The predicted octanol–water partition coefficient (Wildman–Crippen LogP) is 0.897. The molecular weight excluding hydrogens is 287 g/mol. The maximum Gasteiger partial charge on any atom is 0.161 e. The van der Waals surface area contributed by atoms with Gasteiger partial charge in [0.1, 0.15) is 29.1 Å². The van der Waals surface area contributed by atoms with Crippen molar-refractivity contribution < 1.29 is 27.1 Å². The smallest absolute Gasteiger partial charge is 0.161 e. The van der Waals surface area contributed by atoms with Gasteiger partial charge in [-0.25, -0.2) is 12.8 Å². The fraction of sp³-hybridized carbons (Fsp3) is 0.154. The second-order valence-corrected chi connectivity index (χ2v) is 6.24. The maximum absolute atomic E-state index is 13.4. The van der Waals surface area contributed by atoms with Crippen molar-refractivity contribution in [1.82, 2.24) is 0 Å². The topological polar surface area (TPSA) is 87.4 Å². The quantitative estimate of drug-likeness (QED) is 0.818. The summed E-state index contributed by atoms with van der Waals surface area (Å²) in [6.45, 7) is 0. The fourth-order valence-corrected chi connectivity index (χ4v) is 3.08. The number of halogens is 1. The van der Waals surface area contributed by atoms with Crippen LogP contribution in [0.2, 0.25) is 0 Å². The maximum atomic E-state index is 13.4. The van der Waals surface area contributed by atoms with E-state index in [2.05, 4.69) is 0 Å². The third kappa shape index (κ3) is 3.45. The van der Waals surface area contributed by atoms with Crippen LogP contribution in [0, 0.1) is 5.82 Å². The van der Waals surface area contributed by atoms with Gasteiger partial charge in [0, 0.05) is 5.56 Å². The third-order valence-electron chi connectivity index (χ3n) is 2.56. The molecule has 1 heterocycles. The van der Waals surface area contributed by atoms with Gasteiger partial charge in [0.05, 0.1) is 5.75 Å². The van der Waals surface area contributed by atoms with Crippen molar-refractivity contribution in [2.75, 3.05) is 0 Å².